The van der Waals surface area contributed by atoms with Crippen LogP contribution in [0.3, 0.4) is 0 Å². The summed E-state index contributed by atoms with van der Waals surface area (Å²) in [6, 6.07) is 0. The molecule has 0 saturated carbocycles. The summed E-state index contributed by atoms with van der Waals surface area (Å²) in [5.41, 5.74) is 5.75. The highest BCUT2D eigenvalue weighted by atomic mass is 16.4. The number of nitrogens with two attached hydrogens (primary N) is 1. The molecule has 112 valence electrons. The first-order valence-electron chi connectivity index (χ1n) is 6.78. The highest BCUT2D eigenvalue weighted by Crippen LogP contribution is 2.26. The minimum Gasteiger partial charge on any atom is -0.409 e. The molecule has 0 aromatic heterocycles. The van der Waals surface area contributed by atoms with Gasteiger partial charge in [0.25, 0.3) is 0 Å². The maximum atomic E-state index is 12.1. The largest absolute Gasteiger partial charge is 0.409 e. The summed E-state index contributed by atoms with van der Waals surface area (Å²) in [5.74, 6) is 0.475. The highest BCUT2D eigenvalue weighted by molar-refractivity contribution is 5.83. The molecular formula is C14H29N3O2. The van der Waals surface area contributed by atoms with Gasteiger partial charge in [0.05, 0.1) is 0 Å². The lowest BCUT2D eigenvalue weighted by Crippen LogP contribution is -2.37. The van der Waals surface area contributed by atoms with Crippen molar-refractivity contribution in [2.24, 2.45) is 28.1 Å². The van der Waals surface area contributed by atoms with Gasteiger partial charge in [0.15, 0.2) is 0 Å². The Hall–Kier alpha value is -1.26. The number of nitrogens with zero attached hydrogens (tertiary/aromatic N) is 2. The maximum absolute atomic E-state index is 12.1. The van der Waals surface area contributed by atoms with E-state index in [1.54, 1.807) is 11.9 Å². The normalized spacial score (nSPS) is 16.0. The van der Waals surface area contributed by atoms with Gasteiger partial charge >= 0.3 is 0 Å². The van der Waals surface area contributed by atoms with Crippen LogP contribution in [-0.4, -0.2) is 35.4 Å². The molecule has 0 saturated heterocycles. The number of hydrogen-bond donors (Lipinski definition) is 2. The monoisotopic (exact) mass is 271 g/mol. The molecule has 3 N–H and O–H groups in total. The van der Waals surface area contributed by atoms with Crippen molar-refractivity contribution in [3.8, 4) is 0 Å². The number of hydrogen-bond acceptors (Lipinski definition) is 3. The zero-order valence-corrected chi connectivity index (χ0v) is 13.1. The first-order valence-corrected chi connectivity index (χ1v) is 6.78. The topological polar surface area (TPSA) is 78.9 Å². The van der Waals surface area contributed by atoms with Gasteiger partial charge in [0.2, 0.25) is 5.91 Å². The van der Waals surface area contributed by atoms with Crippen LogP contribution in [-0.2, 0) is 4.79 Å². The zero-order valence-electron chi connectivity index (χ0n) is 13.1. The molecule has 0 aromatic rings. The molecule has 0 aliphatic heterocycles. The van der Waals surface area contributed by atoms with E-state index in [1.807, 2.05) is 6.92 Å². The lowest BCUT2D eigenvalue weighted by molar-refractivity contribution is -0.131. The van der Waals surface area contributed by atoms with Crippen LogP contribution in [0.15, 0.2) is 5.16 Å². The van der Waals surface area contributed by atoms with Gasteiger partial charge in [0.1, 0.15) is 5.84 Å². The SMILES string of the molecule is CC(CC(=O)N(C)CC(C)/C(N)=N/O)CC(C)(C)C. The van der Waals surface area contributed by atoms with Crippen LogP contribution in [0, 0.1) is 17.3 Å². The maximum Gasteiger partial charge on any atom is 0.222 e. The summed E-state index contributed by atoms with van der Waals surface area (Å²) in [6.45, 7) is 10.9. The Bertz CT molecular complexity index is 321. The second kappa shape index (κ2) is 7.36. The van der Waals surface area contributed by atoms with Gasteiger partial charge in [-0.05, 0) is 17.8 Å². The smallest absolute Gasteiger partial charge is 0.222 e. The van der Waals surface area contributed by atoms with Crippen LogP contribution in [0.2, 0.25) is 0 Å². The molecule has 0 aromatic carbocycles. The lowest BCUT2D eigenvalue weighted by atomic mass is 9.84. The Morgan fingerprint density at radius 3 is 2.32 bits per heavy atom. The summed E-state index contributed by atoms with van der Waals surface area (Å²) in [7, 11) is 1.76. The zero-order chi connectivity index (χ0) is 15.2. The van der Waals surface area contributed by atoms with Gasteiger partial charge < -0.3 is 15.8 Å². The van der Waals surface area contributed by atoms with Crippen LogP contribution in [0.1, 0.15) is 47.5 Å². The average Bonchev–Trinajstić information content (AvgIpc) is 2.24. The number of carbonyl (C=O) groups is 1. The molecule has 0 rings (SSSR count). The van der Waals surface area contributed by atoms with Crippen molar-refractivity contribution in [3.05, 3.63) is 0 Å². The van der Waals surface area contributed by atoms with E-state index in [4.69, 9.17) is 10.9 Å². The van der Waals surface area contributed by atoms with Gasteiger partial charge in [-0.1, -0.05) is 39.8 Å². The van der Waals surface area contributed by atoms with Gasteiger partial charge in [-0.15, -0.1) is 0 Å². The molecule has 0 fully saturated rings. The molecule has 2 unspecified atom stereocenters. The van der Waals surface area contributed by atoms with E-state index in [0.29, 0.717) is 18.9 Å². The minimum absolute atomic E-state index is 0.106. The van der Waals surface area contributed by atoms with Crippen molar-refractivity contribution in [2.45, 2.75) is 47.5 Å². The number of amides is 1. The average molecular weight is 271 g/mol. The second-order valence-electron chi connectivity index (χ2n) is 6.77. The number of oxime groups is 1. The fraction of sp³-hybridized carbons (Fsp3) is 0.857. The van der Waals surface area contributed by atoms with Crippen LogP contribution in [0.5, 0.6) is 0 Å². The van der Waals surface area contributed by atoms with Gasteiger partial charge in [-0.3, -0.25) is 4.79 Å². The Labute approximate surface area is 116 Å². The number of amidine groups is 1. The van der Waals surface area contributed by atoms with Crippen molar-refractivity contribution in [3.63, 3.8) is 0 Å². The second-order valence-corrected chi connectivity index (χ2v) is 6.77. The molecule has 2 atom stereocenters. The van der Waals surface area contributed by atoms with Crippen molar-refractivity contribution >= 4 is 11.7 Å². The molecule has 0 aliphatic rings. The molecule has 5 nitrogen and oxygen atoms in total. The molecule has 1 amide bonds. The van der Waals surface area contributed by atoms with E-state index in [0.717, 1.165) is 6.42 Å². The van der Waals surface area contributed by atoms with Crippen molar-refractivity contribution < 1.29 is 10.0 Å². The van der Waals surface area contributed by atoms with Crippen molar-refractivity contribution in [2.75, 3.05) is 13.6 Å². The minimum atomic E-state index is -0.142. The molecule has 0 spiro atoms. The highest BCUT2D eigenvalue weighted by Gasteiger charge is 2.21. The standard InChI is InChI=1S/C14H29N3O2/c1-10(8-14(3,4)5)7-12(18)17(6)9-11(2)13(15)16-19/h10-11,19H,7-9H2,1-6H3,(H2,15,16). The van der Waals surface area contributed by atoms with Gasteiger partial charge in [0, 0.05) is 25.9 Å². The molecule has 0 bridgehead atoms. The van der Waals surface area contributed by atoms with E-state index in [-0.39, 0.29) is 23.1 Å². The molecule has 19 heavy (non-hydrogen) atoms. The Morgan fingerprint density at radius 2 is 1.89 bits per heavy atom. The molecule has 5 heteroatoms. The third kappa shape index (κ3) is 7.70. The predicted octanol–water partition coefficient (Wildman–Crippen LogP) is 2.29. The fourth-order valence-electron chi connectivity index (χ4n) is 2.28. The number of carbonyl (C=O) groups excluding carboxylic acids is 1. The van der Waals surface area contributed by atoms with Gasteiger partial charge in [-0.2, -0.15) is 0 Å². The molecular weight excluding hydrogens is 242 g/mol. The fourth-order valence-corrected chi connectivity index (χ4v) is 2.28. The van der Waals surface area contributed by atoms with E-state index in [9.17, 15) is 4.79 Å². The first kappa shape index (κ1) is 17.7. The Morgan fingerprint density at radius 1 is 1.37 bits per heavy atom. The van der Waals surface area contributed by atoms with Gasteiger partial charge in [-0.25, -0.2) is 0 Å². The summed E-state index contributed by atoms with van der Waals surface area (Å²) < 4.78 is 0. The summed E-state index contributed by atoms with van der Waals surface area (Å²) in [6.07, 6.45) is 1.55. The summed E-state index contributed by atoms with van der Waals surface area (Å²) in [5, 5.41) is 11.6. The van der Waals surface area contributed by atoms with Crippen molar-refractivity contribution in [1.29, 1.82) is 0 Å². The predicted molar refractivity (Wildman–Crippen MR) is 78.1 cm³/mol. The summed E-state index contributed by atoms with van der Waals surface area (Å²) >= 11 is 0. The van der Waals surface area contributed by atoms with Crippen LogP contribution in [0.25, 0.3) is 0 Å². The van der Waals surface area contributed by atoms with Crippen molar-refractivity contribution in [1.82, 2.24) is 4.90 Å². The Kier molecular flexibility index (Phi) is 6.87. The number of rotatable bonds is 6. The summed E-state index contributed by atoms with van der Waals surface area (Å²) in [4.78, 5) is 13.7. The third-order valence-electron chi connectivity index (χ3n) is 3.08. The van der Waals surface area contributed by atoms with E-state index >= 15 is 0 Å². The molecule has 0 radical (unpaired) electrons. The van der Waals surface area contributed by atoms with E-state index < -0.39 is 0 Å². The Balaban J connectivity index is 4.28. The molecule has 0 heterocycles. The lowest BCUT2D eigenvalue weighted by Gasteiger charge is -2.26. The van der Waals surface area contributed by atoms with E-state index in [2.05, 4.69) is 32.9 Å². The van der Waals surface area contributed by atoms with E-state index in [1.165, 1.54) is 0 Å². The van der Waals surface area contributed by atoms with Crippen LogP contribution >= 0.6 is 0 Å². The first-order chi connectivity index (χ1) is 8.56. The molecule has 0 aliphatic carbocycles. The van der Waals surface area contributed by atoms with Crippen LogP contribution in [0.4, 0.5) is 0 Å². The van der Waals surface area contributed by atoms with Crippen LogP contribution < -0.4 is 5.73 Å². The third-order valence-corrected chi connectivity index (χ3v) is 3.08. The quantitative estimate of drug-likeness (QED) is 0.337.